The van der Waals surface area contributed by atoms with Crippen molar-refractivity contribution in [2.24, 2.45) is 0 Å². The van der Waals surface area contributed by atoms with Crippen molar-refractivity contribution in [3.63, 3.8) is 0 Å². The molecule has 8 nitrogen and oxygen atoms in total. The van der Waals surface area contributed by atoms with E-state index in [-0.39, 0.29) is 21.3 Å². The number of rotatable bonds is 7. The highest BCUT2D eigenvalue weighted by atomic mass is 35.5. The number of carbonyl (C=O) groups excluding carboxylic acids is 1. The van der Waals surface area contributed by atoms with Gasteiger partial charge in [0.05, 0.1) is 20.5 Å². The summed E-state index contributed by atoms with van der Waals surface area (Å²) in [5.74, 6) is -0.476. The van der Waals surface area contributed by atoms with Crippen LogP contribution in [0.1, 0.15) is 5.56 Å². The van der Waals surface area contributed by atoms with Crippen molar-refractivity contribution < 1.29 is 18.1 Å². The number of benzene rings is 3. The average Bonchev–Trinajstić information content (AvgIpc) is 2.74. The van der Waals surface area contributed by atoms with Gasteiger partial charge in [-0.3, -0.25) is 19.6 Å². The lowest BCUT2D eigenvalue weighted by atomic mass is 10.2. The van der Waals surface area contributed by atoms with E-state index in [2.05, 4.69) is 10.0 Å². The molecule has 3 aromatic rings. The predicted octanol–water partition coefficient (Wildman–Crippen LogP) is 4.70. The number of para-hydroxylation sites is 1. The molecule has 0 aliphatic carbocycles. The Kier molecular flexibility index (Phi) is 6.68. The first-order chi connectivity index (χ1) is 14.7. The molecule has 10 heteroatoms. The Morgan fingerprint density at radius 3 is 2.39 bits per heavy atom. The zero-order chi connectivity index (χ0) is 22.4. The first-order valence-electron chi connectivity index (χ1n) is 8.85. The van der Waals surface area contributed by atoms with Gasteiger partial charge in [0.1, 0.15) is 0 Å². The highest BCUT2D eigenvalue weighted by Gasteiger charge is 2.15. The van der Waals surface area contributed by atoms with Crippen molar-refractivity contribution in [3.8, 4) is 0 Å². The molecule has 0 unspecified atom stereocenters. The predicted molar refractivity (Wildman–Crippen MR) is 119 cm³/mol. The molecule has 158 valence electrons. The van der Waals surface area contributed by atoms with Gasteiger partial charge in [-0.1, -0.05) is 35.9 Å². The SMILES string of the molecule is O=C(/C=C/c1cccc([N+](=O)[O-])c1)Nc1ccc(S(=O)(=O)Nc2ccccc2Cl)cc1. The summed E-state index contributed by atoms with van der Waals surface area (Å²) in [6.45, 7) is 0. The molecule has 0 saturated carbocycles. The van der Waals surface area contributed by atoms with Crippen LogP contribution in [-0.4, -0.2) is 19.2 Å². The zero-order valence-corrected chi connectivity index (χ0v) is 17.4. The third kappa shape index (κ3) is 5.91. The fraction of sp³-hybridized carbons (Fsp3) is 0. The lowest BCUT2D eigenvalue weighted by Gasteiger charge is -2.10. The molecule has 0 saturated heterocycles. The molecule has 0 spiro atoms. The molecule has 3 rings (SSSR count). The number of anilines is 2. The van der Waals surface area contributed by atoms with E-state index < -0.39 is 20.9 Å². The van der Waals surface area contributed by atoms with E-state index in [0.29, 0.717) is 11.3 Å². The van der Waals surface area contributed by atoms with Gasteiger partial charge in [-0.05, 0) is 48.0 Å². The molecular formula is C21H16ClN3O5S. The van der Waals surface area contributed by atoms with E-state index >= 15 is 0 Å². The van der Waals surface area contributed by atoms with E-state index in [4.69, 9.17) is 11.6 Å². The van der Waals surface area contributed by atoms with Crippen LogP contribution in [0.2, 0.25) is 5.02 Å². The van der Waals surface area contributed by atoms with Crippen LogP contribution in [-0.2, 0) is 14.8 Å². The smallest absolute Gasteiger partial charge is 0.270 e. The second kappa shape index (κ2) is 9.41. The number of nitro groups is 1. The normalized spacial score (nSPS) is 11.3. The Hall–Kier alpha value is -3.69. The largest absolute Gasteiger partial charge is 0.323 e. The Bertz CT molecular complexity index is 1260. The Labute approximate surface area is 183 Å². The summed E-state index contributed by atoms with van der Waals surface area (Å²) in [6, 6.07) is 17.9. The third-order valence-corrected chi connectivity index (χ3v) is 5.77. The molecule has 0 heterocycles. The van der Waals surface area contributed by atoms with E-state index in [1.807, 2.05) is 0 Å². The van der Waals surface area contributed by atoms with E-state index in [0.717, 1.165) is 0 Å². The van der Waals surface area contributed by atoms with Crippen LogP contribution >= 0.6 is 11.6 Å². The van der Waals surface area contributed by atoms with Crippen molar-refractivity contribution >= 4 is 50.7 Å². The van der Waals surface area contributed by atoms with Gasteiger partial charge in [-0.25, -0.2) is 8.42 Å². The third-order valence-electron chi connectivity index (χ3n) is 4.06. The summed E-state index contributed by atoms with van der Waals surface area (Å²) in [4.78, 5) is 22.4. The summed E-state index contributed by atoms with van der Waals surface area (Å²) in [6.07, 6.45) is 2.66. The Morgan fingerprint density at radius 2 is 1.71 bits per heavy atom. The maximum absolute atomic E-state index is 12.5. The van der Waals surface area contributed by atoms with Gasteiger partial charge in [0.15, 0.2) is 0 Å². The molecular weight excluding hydrogens is 442 g/mol. The number of nitro benzene ring substituents is 1. The molecule has 0 aliphatic rings. The van der Waals surface area contributed by atoms with Crippen LogP contribution < -0.4 is 10.0 Å². The number of amides is 1. The molecule has 0 atom stereocenters. The number of sulfonamides is 1. The lowest BCUT2D eigenvalue weighted by Crippen LogP contribution is -2.13. The molecule has 0 bridgehead atoms. The maximum atomic E-state index is 12.5. The van der Waals surface area contributed by atoms with Gasteiger partial charge in [-0.2, -0.15) is 0 Å². The number of halogens is 1. The van der Waals surface area contributed by atoms with Gasteiger partial charge in [0.25, 0.3) is 15.7 Å². The second-order valence-corrected chi connectivity index (χ2v) is 8.37. The number of nitrogens with zero attached hydrogens (tertiary/aromatic N) is 1. The minimum Gasteiger partial charge on any atom is -0.323 e. The van der Waals surface area contributed by atoms with Gasteiger partial charge >= 0.3 is 0 Å². The molecule has 0 aromatic heterocycles. The second-order valence-electron chi connectivity index (χ2n) is 6.28. The fourth-order valence-electron chi connectivity index (χ4n) is 2.56. The molecule has 3 aromatic carbocycles. The number of non-ortho nitro benzene ring substituents is 1. The molecule has 31 heavy (non-hydrogen) atoms. The highest BCUT2D eigenvalue weighted by Crippen LogP contribution is 2.24. The summed E-state index contributed by atoms with van der Waals surface area (Å²) >= 11 is 5.98. The van der Waals surface area contributed by atoms with Gasteiger partial charge in [0.2, 0.25) is 5.91 Å². The molecule has 0 fully saturated rings. The van der Waals surface area contributed by atoms with Crippen LogP contribution in [0.5, 0.6) is 0 Å². The number of hydrogen-bond donors (Lipinski definition) is 2. The summed E-state index contributed by atoms with van der Waals surface area (Å²) < 4.78 is 27.4. The standard InChI is InChI=1S/C21H16ClN3O5S/c22-19-6-1-2-7-20(19)24-31(29,30)18-11-9-16(10-12-18)23-21(26)13-8-15-4-3-5-17(14-15)25(27)28/h1-14,24H,(H,23,26)/b13-8+. The average molecular weight is 458 g/mol. The van der Waals surface area contributed by atoms with Crippen molar-refractivity contribution in [2.45, 2.75) is 4.90 Å². The topological polar surface area (TPSA) is 118 Å². The van der Waals surface area contributed by atoms with Crippen molar-refractivity contribution in [1.29, 1.82) is 0 Å². The van der Waals surface area contributed by atoms with Gasteiger partial charge < -0.3 is 5.32 Å². The Balaban J connectivity index is 1.66. The van der Waals surface area contributed by atoms with Gasteiger partial charge in [-0.15, -0.1) is 0 Å². The van der Waals surface area contributed by atoms with Crippen LogP contribution in [0.3, 0.4) is 0 Å². The molecule has 2 N–H and O–H groups in total. The maximum Gasteiger partial charge on any atom is 0.270 e. The van der Waals surface area contributed by atoms with Crippen LogP contribution in [0.4, 0.5) is 17.1 Å². The van der Waals surface area contributed by atoms with Crippen molar-refractivity contribution in [2.75, 3.05) is 10.0 Å². The minimum absolute atomic E-state index is 0.00226. The zero-order valence-electron chi connectivity index (χ0n) is 15.9. The monoisotopic (exact) mass is 457 g/mol. The first-order valence-corrected chi connectivity index (χ1v) is 10.7. The minimum atomic E-state index is -3.85. The number of nitrogens with one attached hydrogen (secondary N) is 2. The van der Waals surface area contributed by atoms with Crippen LogP contribution in [0.15, 0.2) is 83.8 Å². The Morgan fingerprint density at radius 1 is 1.00 bits per heavy atom. The van der Waals surface area contributed by atoms with Gasteiger partial charge in [0, 0.05) is 23.9 Å². The summed E-state index contributed by atoms with van der Waals surface area (Å²) in [5, 5.41) is 13.7. The molecule has 1 amide bonds. The van der Waals surface area contributed by atoms with E-state index in [1.54, 1.807) is 30.3 Å². The van der Waals surface area contributed by atoms with Crippen LogP contribution in [0.25, 0.3) is 6.08 Å². The summed E-state index contributed by atoms with van der Waals surface area (Å²) in [5.41, 5.74) is 1.06. The molecule has 0 aliphatic heterocycles. The first kappa shape index (κ1) is 22.0. The number of carbonyl (C=O) groups is 1. The quantitative estimate of drug-likeness (QED) is 0.303. The highest BCUT2D eigenvalue weighted by molar-refractivity contribution is 7.92. The van der Waals surface area contributed by atoms with Crippen LogP contribution in [0, 0.1) is 10.1 Å². The molecule has 0 radical (unpaired) electrons. The number of hydrogen-bond acceptors (Lipinski definition) is 5. The van der Waals surface area contributed by atoms with E-state index in [1.165, 1.54) is 54.6 Å². The van der Waals surface area contributed by atoms with Crippen molar-refractivity contribution in [3.05, 3.63) is 99.6 Å². The lowest BCUT2D eigenvalue weighted by molar-refractivity contribution is -0.384. The van der Waals surface area contributed by atoms with E-state index in [9.17, 15) is 23.3 Å². The summed E-state index contributed by atoms with van der Waals surface area (Å²) in [7, 11) is -3.85. The van der Waals surface area contributed by atoms with Crippen molar-refractivity contribution in [1.82, 2.24) is 0 Å². The fourth-order valence-corrected chi connectivity index (χ4v) is 3.88.